The second-order valence-electron chi connectivity index (χ2n) is 4.64. The van der Waals surface area contributed by atoms with Crippen LogP contribution in [0.2, 0.25) is 0 Å². The van der Waals surface area contributed by atoms with Crippen LogP contribution >= 0.6 is 15.9 Å². The maximum Gasteiger partial charge on any atom is 0.148 e. The molecule has 2 aromatic rings. The number of anilines is 1. The quantitative estimate of drug-likeness (QED) is 0.908. The van der Waals surface area contributed by atoms with Crippen molar-refractivity contribution in [1.29, 1.82) is 0 Å². The monoisotopic (exact) mass is 333 g/mol. The maximum absolute atomic E-state index is 10.9. The predicted molar refractivity (Wildman–Crippen MR) is 83.7 cm³/mol. The van der Waals surface area contributed by atoms with Gasteiger partial charge in [0.05, 0.1) is 5.69 Å². The van der Waals surface area contributed by atoms with E-state index in [1.165, 1.54) is 0 Å². The molecule has 0 fully saturated rings. The molecule has 4 nitrogen and oxygen atoms in total. The molecule has 0 saturated carbocycles. The first-order chi connectivity index (χ1) is 9.56. The molecule has 0 spiro atoms. The lowest BCUT2D eigenvalue weighted by Gasteiger charge is -2.07. The van der Waals surface area contributed by atoms with Crippen LogP contribution in [0.3, 0.4) is 0 Å². The van der Waals surface area contributed by atoms with Gasteiger partial charge in [0.25, 0.3) is 0 Å². The summed E-state index contributed by atoms with van der Waals surface area (Å²) in [6, 6.07) is 9.88. The smallest absolute Gasteiger partial charge is 0.148 e. The van der Waals surface area contributed by atoms with Crippen LogP contribution in [-0.4, -0.2) is 22.5 Å². The third kappa shape index (κ3) is 3.87. The minimum absolute atomic E-state index is 0.159. The van der Waals surface area contributed by atoms with Crippen molar-refractivity contribution in [1.82, 2.24) is 10.2 Å². The molecule has 0 unspecified atom stereocenters. The van der Waals surface area contributed by atoms with Gasteiger partial charge in [-0.15, -0.1) is 10.2 Å². The van der Waals surface area contributed by atoms with Crippen LogP contribution in [0.25, 0.3) is 11.3 Å². The fourth-order valence-corrected chi connectivity index (χ4v) is 2.17. The highest BCUT2D eigenvalue weighted by atomic mass is 79.9. The van der Waals surface area contributed by atoms with E-state index in [4.69, 9.17) is 0 Å². The van der Waals surface area contributed by atoms with Gasteiger partial charge in [-0.1, -0.05) is 22.0 Å². The number of Topliss-reactive ketones (excluding diaryl/α,β-unsaturated/α-hetero) is 1. The Kier molecular flexibility index (Phi) is 4.84. The summed E-state index contributed by atoms with van der Waals surface area (Å²) in [6.45, 7) is 4.20. The van der Waals surface area contributed by atoms with E-state index in [0.29, 0.717) is 18.8 Å². The van der Waals surface area contributed by atoms with Crippen LogP contribution in [0.1, 0.15) is 18.9 Å². The van der Waals surface area contributed by atoms with Crippen LogP contribution in [0.5, 0.6) is 0 Å². The Morgan fingerprint density at radius 3 is 2.70 bits per heavy atom. The molecule has 104 valence electrons. The van der Waals surface area contributed by atoms with Crippen molar-refractivity contribution in [3.63, 3.8) is 0 Å². The molecule has 0 atom stereocenters. The summed E-state index contributed by atoms with van der Waals surface area (Å²) in [5.74, 6) is 0.842. The van der Waals surface area contributed by atoms with Gasteiger partial charge in [0.1, 0.15) is 11.6 Å². The average molecular weight is 334 g/mol. The number of benzene rings is 1. The van der Waals surface area contributed by atoms with E-state index in [1.54, 1.807) is 6.92 Å². The first kappa shape index (κ1) is 14.7. The van der Waals surface area contributed by atoms with Crippen LogP contribution in [0.15, 0.2) is 34.8 Å². The Morgan fingerprint density at radius 1 is 1.25 bits per heavy atom. The first-order valence-corrected chi connectivity index (χ1v) is 7.19. The van der Waals surface area contributed by atoms with Gasteiger partial charge >= 0.3 is 0 Å². The van der Waals surface area contributed by atoms with E-state index in [1.807, 2.05) is 37.3 Å². The lowest BCUT2D eigenvalue weighted by molar-refractivity contribution is -0.116. The lowest BCUT2D eigenvalue weighted by Crippen LogP contribution is -2.07. The fraction of sp³-hybridized carbons (Fsp3) is 0.267. The average Bonchev–Trinajstić information content (AvgIpc) is 2.42. The third-order valence-electron chi connectivity index (χ3n) is 2.92. The number of aromatic nitrogens is 2. The van der Waals surface area contributed by atoms with E-state index in [9.17, 15) is 4.79 Å². The SMILES string of the molecule is CC(=O)CCNc1ccc(-c2cc(Br)ccc2C)nn1. The number of carbonyl (C=O) groups excluding carboxylic acids is 1. The molecule has 1 aromatic carbocycles. The summed E-state index contributed by atoms with van der Waals surface area (Å²) < 4.78 is 1.02. The molecule has 0 aliphatic carbocycles. The summed E-state index contributed by atoms with van der Waals surface area (Å²) in [7, 11) is 0. The molecule has 0 aliphatic rings. The molecule has 0 bridgehead atoms. The second-order valence-corrected chi connectivity index (χ2v) is 5.56. The van der Waals surface area contributed by atoms with E-state index < -0.39 is 0 Å². The van der Waals surface area contributed by atoms with Crippen LogP contribution in [0.4, 0.5) is 5.82 Å². The topological polar surface area (TPSA) is 54.9 Å². The highest BCUT2D eigenvalue weighted by Gasteiger charge is 2.05. The van der Waals surface area contributed by atoms with E-state index in [0.717, 1.165) is 21.3 Å². The predicted octanol–water partition coefficient (Wildman–Crippen LogP) is 3.61. The summed E-state index contributed by atoms with van der Waals surface area (Å²) in [4.78, 5) is 10.9. The molecule has 0 radical (unpaired) electrons. The first-order valence-electron chi connectivity index (χ1n) is 6.40. The van der Waals surface area contributed by atoms with Gasteiger partial charge in [0.2, 0.25) is 0 Å². The Hall–Kier alpha value is -1.75. The molecule has 1 heterocycles. The molecule has 0 saturated heterocycles. The summed E-state index contributed by atoms with van der Waals surface area (Å²) in [5, 5.41) is 11.4. The zero-order valence-electron chi connectivity index (χ0n) is 11.5. The number of nitrogens with zero attached hydrogens (tertiary/aromatic N) is 2. The number of rotatable bonds is 5. The Balaban J connectivity index is 2.11. The molecule has 2 rings (SSSR count). The van der Waals surface area contributed by atoms with Crippen LogP contribution < -0.4 is 5.32 Å². The molecular weight excluding hydrogens is 318 g/mol. The molecule has 5 heteroatoms. The number of aryl methyl sites for hydroxylation is 1. The molecule has 1 aromatic heterocycles. The second kappa shape index (κ2) is 6.61. The Morgan fingerprint density at radius 2 is 2.05 bits per heavy atom. The maximum atomic E-state index is 10.9. The number of halogens is 1. The van der Waals surface area contributed by atoms with E-state index >= 15 is 0 Å². The molecule has 0 aliphatic heterocycles. The van der Waals surface area contributed by atoms with Gasteiger partial charge < -0.3 is 5.32 Å². The standard InChI is InChI=1S/C15H16BrN3O/c1-10-3-4-12(16)9-13(10)14-5-6-15(19-18-14)17-8-7-11(2)20/h3-6,9H,7-8H2,1-2H3,(H,17,19). The van der Waals surface area contributed by atoms with Gasteiger partial charge in [-0.3, -0.25) is 4.79 Å². The summed E-state index contributed by atoms with van der Waals surface area (Å²) in [6.07, 6.45) is 0.494. The Bertz CT molecular complexity index is 611. The van der Waals surface area contributed by atoms with Gasteiger partial charge in [-0.25, -0.2) is 0 Å². The van der Waals surface area contributed by atoms with Crippen molar-refractivity contribution in [2.75, 3.05) is 11.9 Å². The van der Waals surface area contributed by atoms with Crippen molar-refractivity contribution in [2.45, 2.75) is 20.3 Å². The number of ketones is 1. The van der Waals surface area contributed by atoms with Gasteiger partial charge in [0.15, 0.2) is 0 Å². The number of nitrogens with one attached hydrogen (secondary N) is 1. The molecule has 1 N–H and O–H groups in total. The zero-order chi connectivity index (χ0) is 14.5. The highest BCUT2D eigenvalue weighted by molar-refractivity contribution is 9.10. The summed E-state index contributed by atoms with van der Waals surface area (Å²) in [5.41, 5.74) is 3.04. The number of hydrogen-bond acceptors (Lipinski definition) is 4. The van der Waals surface area contributed by atoms with Crippen LogP contribution in [-0.2, 0) is 4.79 Å². The largest absolute Gasteiger partial charge is 0.368 e. The number of hydrogen-bond donors (Lipinski definition) is 1. The normalized spacial score (nSPS) is 10.3. The minimum Gasteiger partial charge on any atom is -0.368 e. The van der Waals surface area contributed by atoms with Crippen molar-refractivity contribution >= 4 is 27.5 Å². The van der Waals surface area contributed by atoms with Gasteiger partial charge in [-0.05, 0) is 43.7 Å². The fourth-order valence-electron chi connectivity index (χ4n) is 1.81. The number of carbonyl (C=O) groups is 1. The molecule has 0 amide bonds. The zero-order valence-corrected chi connectivity index (χ0v) is 13.1. The van der Waals surface area contributed by atoms with Crippen LogP contribution in [0, 0.1) is 6.92 Å². The van der Waals surface area contributed by atoms with E-state index in [2.05, 4.69) is 31.4 Å². The van der Waals surface area contributed by atoms with Crippen molar-refractivity contribution < 1.29 is 4.79 Å². The highest BCUT2D eigenvalue weighted by Crippen LogP contribution is 2.25. The van der Waals surface area contributed by atoms with Crippen molar-refractivity contribution in [3.8, 4) is 11.3 Å². The van der Waals surface area contributed by atoms with E-state index in [-0.39, 0.29) is 5.78 Å². The lowest BCUT2D eigenvalue weighted by atomic mass is 10.1. The Labute approximate surface area is 126 Å². The van der Waals surface area contributed by atoms with Crippen molar-refractivity contribution in [2.24, 2.45) is 0 Å². The van der Waals surface area contributed by atoms with Crippen molar-refractivity contribution in [3.05, 3.63) is 40.4 Å². The van der Waals surface area contributed by atoms with Gasteiger partial charge in [-0.2, -0.15) is 0 Å². The summed E-state index contributed by atoms with van der Waals surface area (Å²) >= 11 is 3.46. The third-order valence-corrected chi connectivity index (χ3v) is 3.42. The minimum atomic E-state index is 0.159. The molecular formula is C15H16BrN3O. The molecule has 20 heavy (non-hydrogen) atoms. The van der Waals surface area contributed by atoms with Gasteiger partial charge in [0, 0.05) is 23.0 Å².